The molecule has 1 aromatic carbocycles. The third-order valence-electron chi connectivity index (χ3n) is 4.51. The maximum absolute atomic E-state index is 12.6. The molecule has 5 heteroatoms. The minimum Gasteiger partial charge on any atom is -0.481 e. The molecule has 1 saturated carbocycles. The number of carbonyl (C=O) groups excluding carboxylic acids is 1. The Morgan fingerprint density at radius 1 is 1.36 bits per heavy atom. The Morgan fingerprint density at radius 2 is 2.09 bits per heavy atom. The van der Waals surface area contributed by atoms with E-state index in [1.54, 1.807) is 11.8 Å². The third-order valence-corrected chi connectivity index (χ3v) is 4.51. The molecule has 1 atom stereocenters. The summed E-state index contributed by atoms with van der Waals surface area (Å²) in [5, 5.41) is 9.08. The lowest BCUT2D eigenvalue weighted by molar-refractivity contribution is -0.143. The molecule has 1 unspecified atom stereocenters. The van der Waals surface area contributed by atoms with Crippen LogP contribution in [0.2, 0.25) is 0 Å². The summed E-state index contributed by atoms with van der Waals surface area (Å²) in [4.78, 5) is 27.6. The van der Waals surface area contributed by atoms with Crippen molar-refractivity contribution in [2.45, 2.75) is 32.2 Å². The van der Waals surface area contributed by atoms with Crippen LogP contribution in [-0.2, 0) is 16.0 Å². The number of carboxylic acids is 1. The minimum atomic E-state index is -0.843. The Kier molecular flexibility index (Phi) is 4.05. The average molecular weight is 302 g/mol. The van der Waals surface area contributed by atoms with E-state index < -0.39 is 11.9 Å². The van der Waals surface area contributed by atoms with Crippen LogP contribution in [0.15, 0.2) is 24.3 Å². The van der Waals surface area contributed by atoms with Gasteiger partial charge in [-0.15, -0.1) is 0 Å². The van der Waals surface area contributed by atoms with Crippen molar-refractivity contribution in [1.82, 2.24) is 4.90 Å². The molecule has 1 amide bonds. The van der Waals surface area contributed by atoms with Gasteiger partial charge in [-0.05, 0) is 30.9 Å². The van der Waals surface area contributed by atoms with Crippen LogP contribution in [0.3, 0.4) is 0 Å². The lowest BCUT2D eigenvalue weighted by atomic mass is 10.1. The van der Waals surface area contributed by atoms with Crippen molar-refractivity contribution in [3.63, 3.8) is 0 Å². The highest BCUT2D eigenvalue weighted by atomic mass is 16.4. The van der Waals surface area contributed by atoms with Crippen LogP contribution in [0.25, 0.3) is 0 Å². The summed E-state index contributed by atoms with van der Waals surface area (Å²) in [6.45, 7) is 3.18. The normalized spacial score (nSPS) is 18.0. The van der Waals surface area contributed by atoms with Crippen LogP contribution >= 0.6 is 0 Å². The summed E-state index contributed by atoms with van der Waals surface area (Å²) in [6.07, 6.45) is 2.96. The Balaban J connectivity index is 1.66. The standard InChI is InChI=1S/C17H22N2O3/c1-12(17(21)22)10-19(14-6-7-14)16(20)11-18-9-8-13-4-2-3-5-15(13)18/h2-5,12,14H,6-11H2,1H3,(H,21,22). The van der Waals surface area contributed by atoms with Gasteiger partial charge in [0.2, 0.25) is 5.91 Å². The summed E-state index contributed by atoms with van der Waals surface area (Å²) in [5.41, 5.74) is 2.42. The quantitative estimate of drug-likeness (QED) is 0.870. The van der Waals surface area contributed by atoms with Gasteiger partial charge in [-0.1, -0.05) is 25.1 Å². The number of para-hydroxylation sites is 1. The molecule has 1 aromatic rings. The van der Waals surface area contributed by atoms with Crippen LogP contribution in [0.4, 0.5) is 5.69 Å². The minimum absolute atomic E-state index is 0.0484. The fourth-order valence-corrected chi connectivity index (χ4v) is 3.04. The lowest BCUT2D eigenvalue weighted by Gasteiger charge is -2.28. The first kappa shape index (κ1) is 14.9. The largest absolute Gasteiger partial charge is 0.481 e. The number of nitrogens with zero attached hydrogens (tertiary/aromatic N) is 2. The van der Waals surface area contributed by atoms with Gasteiger partial charge < -0.3 is 14.9 Å². The number of aliphatic carboxylic acids is 1. The van der Waals surface area contributed by atoms with E-state index in [1.165, 1.54) is 5.56 Å². The number of amides is 1. The van der Waals surface area contributed by atoms with Crippen LogP contribution < -0.4 is 4.90 Å². The molecule has 1 aliphatic heterocycles. The van der Waals surface area contributed by atoms with Crippen LogP contribution in [0.1, 0.15) is 25.3 Å². The number of anilines is 1. The molecule has 5 nitrogen and oxygen atoms in total. The SMILES string of the molecule is CC(CN(C(=O)CN1CCc2ccccc21)C1CC1)C(=O)O. The van der Waals surface area contributed by atoms with Gasteiger partial charge in [-0.25, -0.2) is 0 Å². The van der Waals surface area contributed by atoms with E-state index in [4.69, 9.17) is 5.11 Å². The molecule has 0 radical (unpaired) electrons. The van der Waals surface area contributed by atoms with E-state index in [-0.39, 0.29) is 11.9 Å². The zero-order chi connectivity index (χ0) is 15.7. The molecule has 22 heavy (non-hydrogen) atoms. The molecule has 118 valence electrons. The second kappa shape index (κ2) is 5.99. The van der Waals surface area contributed by atoms with Crippen molar-refractivity contribution in [2.24, 2.45) is 5.92 Å². The van der Waals surface area contributed by atoms with Crippen molar-refractivity contribution < 1.29 is 14.7 Å². The molecule has 0 bridgehead atoms. The number of benzene rings is 1. The summed E-state index contributed by atoms with van der Waals surface area (Å²) in [6, 6.07) is 8.41. The number of carboxylic acid groups (broad SMARTS) is 1. The predicted octanol–water partition coefficient (Wildman–Crippen LogP) is 1.76. The molecule has 0 saturated heterocycles. The number of rotatable bonds is 6. The molecule has 0 spiro atoms. The van der Waals surface area contributed by atoms with E-state index in [2.05, 4.69) is 17.0 Å². The molecule has 1 aliphatic carbocycles. The van der Waals surface area contributed by atoms with Gasteiger partial charge in [0.25, 0.3) is 0 Å². The summed E-state index contributed by atoms with van der Waals surface area (Å²) in [5.74, 6) is -1.31. The van der Waals surface area contributed by atoms with Gasteiger partial charge in [0, 0.05) is 24.8 Å². The summed E-state index contributed by atoms with van der Waals surface area (Å²) >= 11 is 0. The molecule has 1 fully saturated rings. The van der Waals surface area contributed by atoms with Gasteiger partial charge in [-0.2, -0.15) is 0 Å². The van der Waals surface area contributed by atoms with Crippen molar-refractivity contribution >= 4 is 17.6 Å². The van der Waals surface area contributed by atoms with Crippen molar-refractivity contribution in [1.29, 1.82) is 0 Å². The Morgan fingerprint density at radius 3 is 2.77 bits per heavy atom. The van der Waals surface area contributed by atoms with E-state index >= 15 is 0 Å². The number of fused-ring (bicyclic) bond motifs is 1. The molecule has 3 rings (SSSR count). The zero-order valence-electron chi connectivity index (χ0n) is 12.9. The van der Waals surface area contributed by atoms with Crippen LogP contribution in [0, 0.1) is 5.92 Å². The van der Waals surface area contributed by atoms with Crippen molar-refractivity contribution in [3.05, 3.63) is 29.8 Å². The monoisotopic (exact) mass is 302 g/mol. The topological polar surface area (TPSA) is 60.9 Å². The van der Waals surface area contributed by atoms with Gasteiger partial charge in [0.1, 0.15) is 0 Å². The number of carbonyl (C=O) groups is 2. The number of hydrogen-bond donors (Lipinski definition) is 1. The summed E-state index contributed by atoms with van der Waals surface area (Å²) in [7, 11) is 0. The van der Waals surface area contributed by atoms with Crippen molar-refractivity contribution in [2.75, 3.05) is 24.5 Å². The van der Waals surface area contributed by atoms with Gasteiger partial charge in [0.05, 0.1) is 12.5 Å². The lowest BCUT2D eigenvalue weighted by Crippen LogP contribution is -2.44. The first-order valence-electron chi connectivity index (χ1n) is 7.91. The van der Waals surface area contributed by atoms with Gasteiger partial charge in [0.15, 0.2) is 0 Å². The first-order chi connectivity index (χ1) is 10.6. The maximum Gasteiger partial charge on any atom is 0.308 e. The third kappa shape index (κ3) is 3.08. The van der Waals surface area contributed by atoms with E-state index in [0.717, 1.165) is 31.5 Å². The van der Waals surface area contributed by atoms with Crippen LogP contribution in [-0.4, -0.2) is 47.6 Å². The zero-order valence-corrected chi connectivity index (χ0v) is 12.9. The predicted molar refractivity (Wildman–Crippen MR) is 83.9 cm³/mol. The molecule has 0 aromatic heterocycles. The molecule has 2 aliphatic rings. The highest BCUT2D eigenvalue weighted by Crippen LogP contribution is 2.30. The van der Waals surface area contributed by atoms with Crippen molar-refractivity contribution in [3.8, 4) is 0 Å². The highest BCUT2D eigenvalue weighted by Gasteiger charge is 2.35. The van der Waals surface area contributed by atoms with Crippen LogP contribution in [0.5, 0.6) is 0 Å². The molecule has 1 heterocycles. The fraction of sp³-hybridized carbons (Fsp3) is 0.529. The van der Waals surface area contributed by atoms with E-state index in [1.807, 2.05) is 12.1 Å². The number of hydrogen-bond acceptors (Lipinski definition) is 3. The summed E-state index contributed by atoms with van der Waals surface area (Å²) < 4.78 is 0. The Labute approximate surface area is 130 Å². The molecular formula is C17H22N2O3. The molecule has 1 N–H and O–H groups in total. The van der Waals surface area contributed by atoms with Gasteiger partial charge in [-0.3, -0.25) is 9.59 Å². The Hall–Kier alpha value is -2.04. The van der Waals surface area contributed by atoms with Gasteiger partial charge >= 0.3 is 5.97 Å². The second-order valence-electron chi connectivity index (χ2n) is 6.32. The fourth-order valence-electron chi connectivity index (χ4n) is 3.04. The highest BCUT2D eigenvalue weighted by molar-refractivity contribution is 5.83. The smallest absolute Gasteiger partial charge is 0.308 e. The second-order valence-corrected chi connectivity index (χ2v) is 6.32. The Bertz CT molecular complexity index is 583. The van der Waals surface area contributed by atoms with E-state index in [9.17, 15) is 9.59 Å². The van der Waals surface area contributed by atoms with E-state index in [0.29, 0.717) is 13.1 Å². The molecular weight excluding hydrogens is 280 g/mol. The first-order valence-corrected chi connectivity index (χ1v) is 7.91. The average Bonchev–Trinajstić information content (AvgIpc) is 3.26. The maximum atomic E-state index is 12.6.